The fraction of sp³-hybridized carbons (Fsp3) is 0.304. The molecule has 2 aromatic rings. The van der Waals surface area contributed by atoms with Crippen LogP contribution in [0.3, 0.4) is 0 Å². The molecule has 0 radical (unpaired) electrons. The maximum atomic E-state index is 13.2. The zero-order valence-electron chi connectivity index (χ0n) is 15.6. The van der Waals surface area contributed by atoms with Crippen LogP contribution in [0.2, 0.25) is 0 Å². The molecular weight excluding hydrogens is 338 g/mol. The number of rotatable bonds is 5. The molecule has 1 amide bonds. The number of carbonyl (C=O) groups excluding carboxylic acids is 2. The SMILES string of the molecule is CCOC(=O)C1CCN(C(=O)C(=Cc2ccccc2)c2ccccc2)CC1. The highest BCUT2D eigenvalue weighted by molar-refractivity contribution is 6.24. The van der Waals surface area contributed by atoms with Gasteiger partial charge in [0, 0.05) is 18.7 Å². The van der Waals surface area contributed by atoms with Gasteiger partial charge in [-0.3, -0.25) is 9.59 Å². The largest absolute Gasteiger partial charge is 0.466 e. The molecule has 0 bridgehead atoms. The summed E-state index contributed by atoms with van der Waals surface area (Å²) in [7, 11) is 0. The highest BCUT2D eigenvalue weighted by Crippen LogP contribution is 2.25. The van der Waals surface area contributed by atoms with E-state index >= 15 is 0 Å². The number of benzene rings is 2. The Hall–Kier alpha value is -2.88. The van der Waals surface area contributed by atoms with Crippen LogP contribution < -0.4 is 0 Å². The van der Waals surface area contributed by atoms with Crippen LogP contribution in [-0.2, 0) is 14.3 Å². The average molecular weight is 363 g/mol. The third-order valence-corrected chi connectivity index (χ3v) is 4.83. The lowest BCUT2D eigenvalue weighted by atomic mass is 9.95. The van der Waals surface area contributed by atoms with Crippen LogP contribution in [0.25, 0.3) is 11.6 Å². The van der Waals surface area contributed by atoms with Gasteiger partial charge in [-0.2, -0.15) is 0 Å². The fourth-order valence-corrected chi connectivity index (χ4v) is 3.35. The molecule has 0 unspecified atom stereocenters. The maximum absolute atomic E-state index is 13.2. The molecule has 1 heterocycles. The molecular formula is C23H25NO3. The monoisotopic (exact) mass is 363 g/mol. The zero-order chi connectivity index (χ0) is 19.1. The Kier molecular flexibility index (Phi) is 6.42. The molecule has 0 saturated carbocycles. The van der Waals surface area contributed by atoms with Crippen LogP contribution in [0, 0.1) is 5.92 Å². The van der Waals surface area contributed by atoms with Gasteiger partial charge in [0.1, 0.15) is 0 Å². The van der Waals surface area contributed by atoms with Gasteiger partial charge >= 0.3 is 5.97 Å². The standard InChI is InChI=1S/C23H25NO3/c1-2-27-23(26)20-13-15-24(16-14-20)22(25)21(19-11-7-4-8-12-19)17-18-9-5-3-6-10-18/h3-12,17,20H,2,13-16H2,1H3. The van der Waals surface area contributed by atoms with Crippen LogP contribution in [-0.4, -0.2) is 36.5 Å². The van der Waals surface area contributed by atoms with E-state index in [1.165, 1.54) is 0 Å². The first-order valence-corrected chi connectivity index (χ1v) is 9.47. The molecule has 0 aromatic heterocycles. The Balaban J connectivity index is 1.79. The summed E-state index contributed by atoms with van der Waals surface area (Å²) in [4.78, 5) is 27.0. The number of esters is 1. The Morgan fingerprint density at radius 2 is 1.59 bits per heavy atom. The molecule has 2 aromatic carbocycles. The number of piperidine rings is 1. The van der Waals surface area contributed by atoms with Crippen molar-refractivity contribution in [1.29, 1.82) is 0 Å². The summed E-state index contributed by atoms with van der Waals surface area (Å²) in [6.07, 6.45) is 3.24. The Morgan fingerprint density at radius 3 is 2.19 bits per heavy atom. The second-order valence-corrected chi connectivity index (χ2v) is 6.65. The van der Waals surface area contributed by atoms with Gasteiger partial charge in [0.05, 0.1) is 12.5 Å². The molecule has 0 N–H and O–H groups in total. The second-order valence-electron chi connectivity index (χ2n) is 6.65. The van der Waals surface area contributed by atoms with E-state index in [0.717, 1.165) is 11.1 Å². The van der Waals surface area contributed by atoms with Crippen molar-refractivity contribution < 1.29 is 14.3 Å². The van der Waals surface area contributed by atoms with Crippen molar-refractivity contribution in [3.63, 3.8) is 0 Å². The van der Waals surface area contributed by atoms with Crippen molar-refractivity contribution in [2.75, 3.05) is 19.7 Å². The van der Waals surface area contributed by atoms with E-state index in [1.54, 1.807) is 0 Å². The second kappa shape index (κ2) is 9.17. The predicted molar refractivity (Wildman–Crippen MR) is 107 cm³/mol. The molecule has 1 saturated heterocycles. The van der Waals surface area contributed by atoms with Crippen LogP contribution in [0.4, 0.5) is 0 Å². The molecule has 140 valence electrons. The quantitative estimate of drug-likeness (QED) is 0.458. The van der Waals surface area contributed by atoms with Crippen LogP contribution in [0.15, 0.2) is 60.7 Å². The molecule has 27 heavy (non-hydrogen) atoms. The number of amides is 1. The lowest BCUT2D eigenvalue weighted by molar-refractivity contribution is -0.150. The van der Waals surface area contributed by atoms with E-state index < -0.39 is 0 Å². The number of nitrogens with zero attached hydrogens (tertiary/aromatic N) is 1. The van der Waals surface area contributed by atoms with Gasteiger partial charge in [0.2, 0.25) is 0 Å². The van der Waals surface area contributed by atoms with E-state index in [-0.39, 0.29) is 17.8 Å². The summed E-state index contributed by atoms with van der Waals surface area (Å²) in [6.45, 7) is 3.36. The van der Waals surface area contributed by atoms with Gasteiger partial charge < -0.3 is 9.64 Å². The summed E-state index contributed by atoms with van der Waals surface area (Å²) in [5.74, 6) is -0.243. The fourth-order valence-electron chi connectivity index (χ4n) is 3.35. The topological polar surface area (TPSA) is 46.6 Å². The normalized spacial score (nSPS) is 15.4. The smallest absolute Gasteiger partial charge is 0.309 e. The Bertz CT molecular complexity index is 791. The number of carbonyl (C=O) groups is 2. The summed E-state index contributed by atoms with van der Waals surface area (Å²) in [5, 5.41) is 0. The Labute approximate surface area is 160 Å². The molecule has 1 fully saturated rings. The van der Waals surface area contributed by atoms with Gasteiger partial charge in [-0.1, -0.05) is 60.7 Å². The van der Waals surface area contributed by atoms with Crippen molar-refractivity contribution in [2.24, 2.45) is 5.92 Å². The van der Waals surface area contributed by atoms with Crippen LogP contribution >= 0.6 is 0 Å². The van der Waals surface area contributed by atoms with Crippen molar-refractivity contribution >= 4 is 23.5 Å². The molecule has 3 rings (SSSR count). The first kappa shape index (κ1) is 18.9. The molecule has 0 atom stereocenters. The number of likely N-dealkylation sites (tertiary alicyclic amines) is 1. The number of ether oxygens (including phenoxy) is 1. The van der Waals surface area contributed by atoms with E-state index in [1.807, 2.05) is 78.6 Å². The number of hydrogen-bond acceptors (Lipinski definition) is 3. The summed E-state index contributed by atoms with van der Waals surface area (Å²) >= 11 is 0. The molecule has 0 spiro atoms. The number of hydrogen-bond donors (Lipinski definition) is 0. The van der Waals surface area contributed by atoms with Gasteiger partial charge in [-0.25, -0.2) is 0 Å². The predicted octanol–water partition coefficient (Wildman–Crippen LogP) is 4.03. The van der Waals surface area contributed by atoms with Crippen molar-refractivity contribution in [3.05, 3.63) is 71.8 Å². The van der Waals surface area contributed by atoms with E-state index in [0.29, 0.717) is 38.1 Å². The molecule has 4 nitrogen and oxygen atoms in total. The Morgan fingerprint density at radius 1 is 1.00 bits per heavy atom. The first-order valence-electron chi connectivity index (χ1n) is 9.47. The van der Waals surface area contributed by atoms with Gasteiger partial charge in [-0.05, 0) is 37.0 Å². The minimum atomic E-state index is -0.146. The molecule has 1 aliphatic heterocycles. The summed E-state index contributed by atoms with van der Waals surface area (Å²) in [5.41, 5.74) is 2.57. The van der Waals surface area contributed by atoms with E-state index in [4.69, 9.17) is 4.74 Å². The highest BCUT2D eigenvalue weighted by Gasteiger charge is 2.29. The molecule has 0 aliphatic carbocycles. The third kappa shape index (κ3) is 4.85. The highest BCUT2D eigenvalue weighted by atomic mass is 16.5. The van der Waals surface area contributed by atoms with Crippen LogP contribution in [0.5, 0.6) is 0 Å². The van der Waals surface area contributed by atoms with Crippen molar-refractivity contribution in [1.82, 2.24) is 4.90 Å². The van der Waals surface area contributed by atoms with Gasteiger partial charge in [-0.15, -0.1) is 0 Å². The molecule has 1 aliphatic rings. The minimum absolute atomic E-state index is 0.00682. The zero-order valence-corrected chi connectivity index (χ0v) is 15.6. The maximum Gasteiger partial charge on any atom is 0.309 e. The molecule has 4 heteroatoms. The van der Waals surface area contributed by atoms with E-state index in [9.17, 15) is 9.59 Å². The summed E-state index contributed by atoms with van der Waals surface area (Å²) in [6, 6.07) is 19.6. The lowest BCUT2D eigenvalue weighted by Crippen LogP contribution is -2.41. The van der Waals surface area contributed by atoms with Gasteiger partial charge in [0.25, 0.3) is 5.91 Å². The lowest BCUT2D eigenvalue weighted by Gasteiger charge is -2.31. The van der Waals surface area contributed by atoms with E-state index in [2.05, 4.69) is 0 Å². The van der Waals surface area contributed by atoms with Crippen molar-refractivity contribution in [3.8, 4) is 0 Å². The van der Waals surface area contributed by atoms with Crippen molar-refractivity contribution in [2.45, 2.75) is 19.8 Å². The minimum Gasteiger partial charge on any atom is -0.466 e. The summed E-state index contributed by atoms with van der Waals surface area (Å²) < 4.78 is 5.12. The average Bonchev–Trinajstić information content (AvgIpc) is 2.73. The van der Waals surface area contributed by atoms with Crippen LogP contribution in [0.1, 0.15) is 30.9 Å². The first-order chi connectivity index (χ1) is 13.2. The third-order valence-electron chi connectivity index (χ3n) is 4.83. The van der Waals surface area contributed by atoms with Gasteiger partial charge in [0.15, 0.2) is 0 Å².